The van der Waals surface area contributed by atoms with Gasteiger partial charge in [0.25, 0.3) is 5.91 Å². The normalized spacial score (nSPS) is 13.9. The molecule has 1 aromatic heterocycles. The Labute approximate surface area is 181 Å². The van der Waals surface area contributed by atoms with Crippen molar-refractivity contribution in [2.45, 2.75) is 26.1 Å². The summed E-state index contributed by atoms with van der Waals surface area (Å²) in [6, 6.07) is 15.1. The fraction of sp³-hybridized carbons (Fsp3) is 0.348. The van der Waals surface area contributed by atoms with Crippen molar-refractivity contribution in [3.05, 3.63) is 71.3 Å². The second-order valence-electron chi connectivity index (χ2n) is 7.44. The number of aromatic nitrogens is 3. The molecule has 2 heterocycles. The monoisotopic (exact) mass is 421 g/mol. The molecule has 8 nitrogen and oxygen atoms in total. The van der Waals surface area contributed by atoms with Crippen molar-refractivity contribution in [3.63, 3.8) is 0 Å². The van der Waals surface area contributed by atoms with Gasteiger partial charge < -0.3 is 19.4 Å². The van der Waals surface area contributed by atoms with Crippen molar-refractivity contribution in [3.8, 4) is 11.5 Å². The highest BCUT2D eigenvalue weighted by molar-refractivity contribution is 5.93. The summed E-state index contributed by atoms with van der Waals surface area (Å²) < 4.78 is 13.0. The van der Waals surface area contributed by atoms with Gasteiger partial charge in [-0.25, -0.2) is 0 Å². The second-order valence-corrected chi connectivity index (χ2v) is 7.44. The van der Waals surface area contributed by atoms with E-state index in [1.807, 2.05) is 36.4 Å². The topological polar surface area (TPSA) is 81.5 Å². The van der Waals surface area contributed by atoms with Crippen molar-refractivity contribution in [2.75, 3.05) is 27.3 Å². The molecular weight excluding hydrogens is 394 g/mol. The van der Waals surface area contributed by atoms with Crippen LogP contribution in [0.25, 0.3) is 0 Å². The molecule has 0 saturated heterocycles. The van der Waals surface area contributed by atoms with E-state index in [1.54, 1.807) is 26.4 Å². The molecule has 0 aliphatic carbocycles. The number of amides is 1. The molecule has 31 heavy (non-hydrogen) atoms. The molecular formula is C23H27N5O3. The van der Waals surface area contributed by atoms with E-state index in [2.05, 4.69) is 25.0 Å². The molecule has 8 heteroatoms. The predicted molar refractivity (Wildman–Crippen MR) is 116 cm³/mol. The van der Waals surface area contributed by atoms with E-state index in [-0.39, 0.29) is 5.91 Å². The first-order chi connectivity index (χ1) is 15.2. The number of methoxy groups -OCH3 is 2. The minimum absolute atomic E-state index is 0.113. The van der Waals surface area contributed by atoms with Crippen LogP contribution in [0.1, 0.15) is 27.6 Å². The zero-order valence-electron chi connectivity index (χ0n) is 17.9. The van der Waals surface area contributed by atoms with Crippen LogP contribution < -0.4 is 14.8 Å². The highest BCUT2D eigenvalue weighted by atomic mass is 16.5. The lowest BCUT2D eigenvalue weighted by atomic mass is 10.1. The summed E-state index contributed by atoms with van der Waals surface area (Å²) in [5.74, 6) is 3.29. The van der Waals surface area contributed by atoms with E-state index in [9.17, 15) is 4.79 Å². The zero-order chi connectivity index (χ0) is 21.6. The highest BCUT2D eigenvalue weighted by Crippen LogP contribution is 2.26. The molecule has 4 rings (SSSR count). The molecule has 3 aromatic rings. The van der Waals surface area contributed by atoms with E-state index in [0.29, 0.717) is 12.1 Å². The zero-order valence-corrected chi connectivity index (χ0v) is 17.9. The molecule has 2 aromatic carbocycles. The van der Waals surface area contributed by atoms with Crippen LogP contribution in [0.4, 0.5) is 0 Å². The number of nitrogens with one attached hydrogen (secondary N) is 1. The van der Waals surface area contributed by atoms with Gasteiger partial charge in [0.05, 0.1) is 20.8 Å². The summed E-state index contributed by atoms with van der Waals surface area (Å²) in [6.45, 7) is 3.61. The van der Waals surface area contributed by atoms with Gasteiger partial charge in [-0.05, 0) is 30.3 Å². The van der Waals surface area contributed by atoms with E-state index >= 15 is 0 Å². The maximum atomic E-state index is 12.3. The van der Waals surface area contributed by atoms with Crippen LogP contribution in [0.15, 0.2) is 48.5 Å². The molecule has 1 N–H and O–H groups in total. The van der Waals surface area contributed by atoms with E-state index in [1.165, 1.54) is 0 Å². The first kappa shape index (κ1) is 20.9. The van der Waals surface area contributed by atoms with Crippen LogP contribution in [-0.4, -0.2) is 52.9 Å². The van der Waals surface area contributed by atoms with E-state index < -0.39 is 0 Å². The summed E-state index contributed by atoms with van der Waals surface area (Å²) in [6.07, 6.45) is 0.798. The number of carbonyl (C=O) groups excluding carboxylic acids is 1. The molecule has 1 amide bonds. The Morgan fingerprint density at radius 1 is 1.03 bits per heavy atom. The molecule has 0 radical (unpaired) electrons. The van der Waals surface area contributed by atoms with Gasteiger partial charge in [-0.1, -0.05) is 18.2 Å². The smallest absolute Gasteiger partial charge is 0.251 e. The minimum atomic E-state index is -0.113. The van der Waals surface area contributed by atoms with Crippen molar-refractivity contribution in [1.82, 2.24) is 25.0 Å². The van der Waals surface area contributed by atoms with Gasteiger partial charge in [-0.15, -0.1) is 10.2 Å². The number of rotatable bonds is 7. The lowest BCUT2D eigenvalue weighted by Gasteiger charge is -2.21. The largest absolute Gasteiger partial charge is 0.497 e. The Morgan fingerprint density at radius 2 is 1.87 bits per heavy atom. The minimum Gasteiger partial charge on any atom is -0.497 e. The third-order valence-electron chi connectivity index (χ3n) is 5.52. The Morgan fingerprint density at radius 3 is 2.65 bits per heavy atom. The Balaban J connectivity index is 1.40. The number of nitrogens with zero attached hydrogens (tertiary/aromatic N) is 4. The standard InChI is InChI=1S/C23H27N5O3/c1-30-19-8-9-20(31-2)18(14-19)16-27-11-10-21-25-26-22(28(21)13-12-27)15-24-23(29)17-6-4-3-5-7-17/h3-9,14H,10-13,15-16H2,1-2H3,(H,24,29). The molecule has 162 valence electrons. The Bertz CT molecular complexity index is 1030. The van der Waals surface area contributed by atoms with Crippen molar-refractivity contribution in [1.29, 1.82) is 0 Å². The van der Waals surface area contributed by atoms with Crippen molar-refractivity contribution < 1.29 is 14.3 Å². The SMILES string of the molecule is COc1ccc(OC)c(CN2CCc3nnc(CNC(=O)c4ccccc4)n3CC2)c1. The van der Waals surface area contributed by atoms with Gasteiger partial charge in [-0.2, -0.15) is 0 Å². The first-order valence-electron chi connectivity index (χ1n) is 10.4. The van der Waals surface area contributed by atoms with Crippen LogP contribution in [0.5, 0.6) is 11.5 Å². The molecule has 1 aliphatic rings. The van der Waals surface area contributed by atoms with Gasteiger partial charge in [0.15, 0.2) is 5.82 Å². The van der Waals surface area contributed by atoms with Gasteiger partial charge in [0.1, 0.15) is 17.3 Å². The van der Waals surface area contributed by atoms with Crippen LogP contribution in [0, 0.1) is 0 Å². The third kappa shape index (κ3) is 4.86. The Kier molecular flexibility index (Phi) is 6.47. The maximum Gasteiger partial charge on any atom is 0.251 e. The number of ether oxygens (including phenoxy) is 2. The molecule has 0 atom stereocenters. The summed E-state index contributed by atoms with van der Waals surface area (Å²) in [5.41, 5.74) is 1.73. The first-order valence-corrected chi connectivity index (χ1v) is 10.4. The van der Waals surface area contributed by atoms with Gasteiger partial charge >= 0.3 is 0 Å². The van der Waals surface area contributed by atoms with Crippen LogP contribution in [0.2, 0.25) is 0 Å². The molecule has 0 spiro atoms. The fourth-order valence-electron chi connectivity index (χ4n) is 3.81. The highest BCUT2D eigenvalue weighted by Gasteiger charge is 2.20. The number of benzene rings is 2. The molecule has 0 bridgehead atoms. The lowest BCUT2D eigenvalue weighted by Crippen LogP contribution is -2.28. The number of carbonyl (C=O) groups is 1. The number of hydrogen-bond donors (Lipinski definition) is 1. The number of fused-ring (bicyclic) bond motifs is 1. The summed E-state index contributed by atoms with van der Waals surface area (Å²) in [4.78, 5) is 14.7. The van der Waals surface area contributed by atoms with Gasteiger partial charge in [-0.3, -0.25) is 9.69 Å². The average molecular weight is 422 g/mol. The lowest BCUT2D eigenvalue weighted by molar-refractivity contribution is 0.0949. The predicted octanol–water partition coefficient (Wildman–Crippen LogP) is 2.28. The molecule has 0 saturated carbocycles. The maximum absolute atomic E-state index is 12.3. The fourth-order valence-corrected chi connectivity index (χ4v) is 3.81. The number of hydrogen-bond acceptors (Lipinski definition) is 6. The summed E-state index contributed by atoms with van der Waals surface area (Å²) in [5, 5.41) is 11.6. The van der Waals surface area contributed by atoms with Gasteiger partial charge in [0, 0.05) is 43.7 Å². The van der Waals surface area contributed by atoms with Crippen LogP contribution in [-0.2, 0) is 26.1 Å². The molecule has 1 aliphatic heterocycles. The second kappa shape index (κ2) is 9.61. The van der Waals surface area contributed by atoms with E-state index in [0.717, 1.165) is 61.3 Å². The summed E-state index contributed by atoms with van der Waals surface area (Å²) >= 11 is 0. The summed E-state index contributed by atoms with van der Waals surface area (Å²) in [7, 11) is 3.35. The van der Waals surface area contributed by atoms with Gasteiger partial charge in [0.2, 0.25) is 0 Å². The van der Waals surface area contributed by atoms with Crippen molar-refractivity contribution >= 4 is 5.91 Å². The average Bonchev–Trinajstić information content (AvgIpc) is 3.10. The molecule has 0 unspecified atom stereocenters. The third-order valence-corrected chi connectivity index (χ3v) is 5.52. The van der Waals surface area contributed by atoms with Crippen molar-refractivity contribution in [2.24, 2.45) is 0 Å². The van der Waals surface area contributed by atoms with Crippen LogP contribution >= 0.6 is 0 Å². The van der Waals surface area contributed by atoms with E-state index in [4.69, 9.17) is 9.47 Å². The quantitative estimate of drug-likeness (QED) is 0.630. The Hall–Kier alpha value is -3.39. The molecule has 0 fully saturated rings. The van der Waals surface area contributed by atoms with Crippen LogP contribution in [0.3, 0.4) is 0 Å².